The number of nitrogens with one attached hydrogen (secondary N) is 1. The van der Waals surface area contributed by atoms with Crippen LogP contribution in [0.5, 0.6) is 5.75 Å². The highest BCUT2D eigenvalue weighted by molar-refractivity contribution is 7.13. The molecule has 6 rings (SSSR count). The highest BCUT2D eigenvalue weighted by atomic mass is 32.1. The smallest absolute Gasteiger partial charge is 0.428 e. The number of aryl methyl sites for hydroxylation is 1. The summed E-state index contributed by atoms with van der Waals surface area (Å²) >= 11 is 1.39. The van der Waals surface area contributed by atoms with Crippen molar-refractivity contribution in [3.05, 3.63) is 29.6 Å². The first-order valence-electron chi connectivity index (χ1n) is 11.9. The molecule has 0 saturated heterocycles. The van der Waals surface area contributed by atoms with E-state index in [0.29, 0.717) is 46.2 Å². The van der Waals surface area contributed by atoms with E-state index in [-0.39, 0.29) is 11.3 Å². The summed E-state index contributed by atoms with van der Waals surface area (Å²) in [5.74, 6) is 1.67. The van der Waals surface area contributed by atoms with Crippen molar-refractivity contribution in [1.82, 2.24) is 9.97 Å². The molecule has 0 spiro atoms. The van der Waals surface area contributed by atoms with Crippen molar-refractivity contribution in [2.24, 2.45) is 17.8 Å². The van der Waals surface area contributed by atoms with Crippen LogP contribution < -0.4 is 4.74 Å². The Hall–Kier alpha value is -2.46. The van der Waals surface area contributed by atoms with Gasteiger partial charge in [0, 0.05) is 23.7 Å². The molecule has 2 bridgehead atoms. The van der Waals surface area contributed by atoms with E-state index in [1.54, 1.807) is 12.3 Å². The number of oxazole rings is 1. The van der Waals surface area contributed by atoms with E-state index in [0.717, 1.165) is 51.7 Å². The molecule has 3 saturated carbocycles. The van der Waals surface area contributed by atoms with Crippen LogP contribution in [0.3, 0.4) is 0 Å². The molecule has 188 valence electrons. The van der Waals surface area contributed by atoms with Gasteiger partial charge in [0.2, 0.25) is 6.10 Å². The Morgan fingerprint density at radius 3 is 2.69 bits per heavy atom. The summed E-state index contributed by atoms with van der Waals surface area (Å²) in [7, 11) is 0. The van der Waals surface area contributed by atoms with Crippen LogP contribution in [0.1, 0.15) is 51.8 Å². The van der Waals surface area contributed by atoms with Gasteiger partial charge in [-0.15, -0.1) is 11.3 Å². The predicted octanol–water partition coefficient (Wildman–Crippen LogP) is 6.42. The molecule has 10 heteroatoms. The maximum absolute atomic E-state index is 13.7. The third kappa shape index (κ3) is 4.82. The van der Waals surface area contributed by atoms with Crippen molar-refractivity contribution in [3.63, 3.8) is 0 Å². The van der Waals surface area contributed by atoms with Gasteiger partial charge in [-0.05, 0) is 75.8 Å². The Morgan fingerprint density at radius 1 is 1.23 bits per heavy atom. The lowest BCUT2D eigenvalue weighted by Gasteiger charge is -2.34. The molecule has 3 aromatic rings. The van der Waals surface area contributed by atoms with Crippen LogP contribution in [0, 0.1) is 23.2 Å². The minimum Gasteiger partial charge on any atom is -0.475 e. The Balaban J connectivity index is 1.45. The number of aromatic nitrogens is 2. The Bertz CT molecular complexity index is 1200. The van der Waals surface area contributed by atoms with E-state index in [2.05, 4.69) is 9.97 Å². The van der Waals surface area contributed by atoms with E-state index >= 15 is 0 Å². The maximum Gasteiger partial charge on any atom is 0.428 e. The molecule has 0 aliphatic heterocycles. The average molecular weight is 508 g/mol. The van der Waals surface area contributed by atoms with Crippen LogP contribution in [0.15, 0.2) is 28.1 Å². The Kier molecular flexibility index (Phi) is 6.15. The number of hydrogen-bond acceptors (Lipinski definition) is 7. The topological polar surface area (TPSA) is 92.2 Å². The molecule has 6 nitrogen and oxygen atoms in total. The number of nitrogens with zero attached hydrogens (tertiary/aromatic N) is 2. The number of aliphatic hydroxyl groups is 1. The molecule has 1 aromatic carbocycles. The molecule has 0 radical (unpaired) electrons. The first kappa shape index (κ1) is 24.2. The highest BCUT2D eigenvalue weighted by Crippen LogP contribution is 2.44. The largest absolute Gasteiger partial charge is 0.475 e. The summed E-state index contributed by atoms with van der Waals surface area (Å²) in [6.07, 6.45) is 0.0873. The second-order valence-electron chi connectivity index (χ2n) is 10.2. The number of thiazole rings is 1. The van der Waals surface area contributed by atoms with Gasteiger partial charge in [-0.25, -0.2) is 9.97 Å². The van der Waals surface area contributed by atoms with Crippen molar-refractivity contribution < 1.29 is 27.4 Å². The predicted molar refractivity (Wildman–Crippen MR) is 127 cm³/mol. The summed E-state index contributed by atoms with van der Waals surface area (Å²) < 4.78 is 52.5. The van der Waals surface area contributed by atoms with Crippen molar-refractivity contribution in [1.29, 1.82) is 5.41 Å². The number of hydrogen-bond donors (Lipinski definition) is 2. The minimum absolute atomic E-state index is 0.0940. The van der Waals surface area contributed by atoms with E-state index in [4.69, 9.17) is 14.6 Å². The molecule has 4 unspecified atom stereocenters. The van der Waals surface area contributed by atoms with Crippen LogP contribution in [0.4, 0.5) is 13.2 Å². The fraction of sp³-hybridized carbons (Fsp3) is 0.560. The third-order valence-corrected chi connectivity index (χ3v) is 7.96. The van der Waals surface area contributed by atoms with Gasteiger partial charge in [-0.3, -0.25) is 0 Å². The Morgan fingerprint density at radius 2 is 2.03 bits per heavy atom. The molecule has 3 fully saturated rings. The molecule has 2 N–H and O–H groups in total. The van der Waals surface area contributed by atoms with Crippen LogP contribution in [0.25, 0.3) is 21.7 Å². The average Bonchev–Trinajstić information content (AvgIpc) is 3.37. The molecule has 3 aliphatic carbocycles. The summed E-state index contributed by atoms with van der Waals surface area (Å²) in [4.78, 5) is 8.86. The van der Waals surface area contributed by atoms with Crippen LogP contribution >= 0.6 is 11.3 Å². The zero-order chi connectivity index (χ0) is 25.0. The van der Waals surface area contributed by atoms with Crippen molar-refractivity contribution in [2.45, 2.75) is 70.3 Å². The standard InChI is InChI=1S/C25H28F3N3O3S/c1-24(2,32)23(25(26,27)28)33-17-7-6-16(22-30-9-10-35-22)21-20(17)31-18(34-21)8-4-13-3-5-14-12-15(11-13)19(14)29/h6-7,9-10,13-15,23,29,32H,3-5,8,11-12H2,1-2H3. The number of benzene rings is 1. The van der Waals surface area contributed by atoms with E-state index in [1.807, 2.05) is 5.38 Å². The molecule has 2 heterocycles. The van der Waals surface area contributed by atoms with Gasteiger partial charge in [0.05, 0.1) is 5.56 Å². The van der Waals surface area contributed by atoms with E-state index in [9.17, 15) is 18.3 Å². The van der Waals surface area contributed by atoms with Gasteiger partial charge < -0.3 is 19.7 Å². The first-order valence-corrected chi connectivity index (χ1v) is 12.7. The molecule has 0 amide bonds. The Labute approximate surface area is 205 Å². The molecular formula is C25H28F3N3O3S. The number of rotatable bonds is 7. The fourth-order valence-corrected chi connectivity index (χ4v) is 5.97. The van der Waals surface area contributed by atoms with Crippen LogP contribution in [0.2, 0.25) is 0 Å². The first-order chi connectivity index (χ1) is 16.5. The van der Waals surface area contributed by atoms with Gasteiger partial charge in [0.1, 0.15) is 16.4 Å². The van der Waals surface area contributed by atoms with Gasteiger partial charge in [-0.2, -0.15) is 13.2 Å². The van der Waals surface area contributed by atoms with Gasteiger partial charge >= 0.3 is 6.18 Å². The lowest BCUT2D eigenvalue weighted by Crippen LogP contribution is -2.50. The summed E-state index contributed by atoms with van der Waals surface area (Å²) in [5.41, 5.74) is -0.101. The number of alkyl halides is 3. The van der Waals surface area contributed by atoms with Gasteiger partial charge in [0.15, 0.2) is 17.0 Å². The molecule has 35 heavy (non-hydrogen) atoms. The lowest BCUT2D eigenvalue weighted by molar-refractivity contribution is -0.239. The lowest BCUT2D eigenvalue weighted by atomic mass is 9.71. The van der Waals surface area contributed by atoms with E-state index < -0.39 is 17.9 Å². The number of fused-ring (bicyclic) bond motifs is 4. The third-order valence-electron chi connectivity index (χ3n) is 7.15. The summed E-state index contributed by atoms with van der Waals surface area (Å²) in [6.45, 7) is 2.13. The van der Waals surface area contributed by atoms with Gasteiger partial charge in [-0.1, -0.05) is 0 Å². The quantitative estimate of drug-likeness (QED) is 0.385. The summed E-state index contributed by atoms with van der Waals surface area (Å²) in [6, 6.07) is 3.05. The second-order valence-corrected chi connectivity index (χ2v) is 11.1. The van der Waals surface area contributed by atoms with Crippen LogP contribution in [-0.2, 0) is 6.42 Å². The second kappa shape index (κ2) is 8.89. The van der Waals surface area contributed by atoms with Gasteiger partial charge in [0.25, 0.3) is 0 Å². The van der Waals surface area contributed by atoms with Crippen molar-refractivity contribution in [2.75, 3.05) is 0 Å². The molecule has 2 aromatic heterocycles. The highest BCUT2D eigenvalue weighted by Gasteiger charge is 2.51. The van der Waals surface area contributed by atoms with E-state index in [1.165, 1.54) is 17.4 Å². The number of ether oxygens (including phenoxy) is 1. The zero-order valence-electron chi connectivity index (χ0n) is 19.6. The molecular weight excluding hydrogens is 479 g/mol. The normalized spacial score (nSPS) is 23.7. The molecule has 3 aliphatic rings. The summed E-state index contributed by atoms with van der Waals surface area (Å²) in [5, 5.41) is 20.8. The molecule has 4 atom stereocenters. The minimum atomic E-state index is -4.78. The van der Waals surface area contributed by atoms with Crippen molar-refractivity contribution in [3.8, 4) is 16.3 Å². The van der Waals surface area contributed by atoms with Crippen molar-refractivity contribution >= 4 is 28.1 Å². The zero-order valence-corrected chi connectivity index (χ0v) is 20.4. The SMILES string of the molecule is CC(C)(O)C(Oc1ccc(-c2nccs2)c2oc(CCC3CCC4CC(C3)C4=N)nc12)C(F)(F)F. The number of halogens is 3. The van der Waals surface area contributed by atoms with Crippen LogP contribution in [-0.4, -0.2) is 38.7 Å². The monoisotopic (exact) mass is 507 g/mol. The fourth-order valence-electron chi connectivity index (χ4n) is 5.31. The maximum atomic E-state index is 13.7.